The van der Waals surface area contributed by atoms with Crippen molar-refractivity contribution in [3.8, 4) is 11.4 Å². The smallest absolute Gasteiger partial charge is 0.237 e. The van der Waals surface area contributed by atoms with Crippen LogP contribution in [0.1, 0.15) is 37.8 Å². The van der Waals surface area contributed by atoms with E-state index >= 15 is 0 Å². The number of nitrogens with one attached hydrogen (secondary N) is 1. The van der Waals surface area contributed by atoms with Gasteiger partial charge in [-0.05, 0) is 43.0 Å². The van der Waals surface area contributed by atoms with E-state index in [1.807, 2.05) is 42.7 Å². The third-order valence-electron chi connectivity index (χ3n) is 4.79. The number of rotatable bonds is 8. The molecule has 6 nitrogen and oxygen atoms in total. The first kappa shape index (κ1) is 21.8. The van der Waals surface area contributed by atoms with Gasteiger partial charge >= 0.3 is 0 Å². The number of thioether (sulfide) groups is 1. The molecule has 1 aromatic carbocycles. The molecule has 2 aromatic heterocycles. The minimum Gasteiger partial charge on any atom is -0.325 e. The lowest BCUT2D eigenvalue weighted by molar-refractivity contribution is -0.115. The predicted molar refractivity (Wildman–Crippen MR) is 123 cm³/mol. The first-order valence-corrected chi connectivity index (χ1v) is 10.8. The van der Waals surface area contributed by atoms with E-state index in [9.17, 15) is 4.79 Å². The average molecular weight is 422 g/mol. The van der Waals surface area contributed by atoms with Gasteiger partial charge < -0.3 is 5.32 Å². The second kappa shape index (κ2) is 9.71. The summed E-state index contributed by atoms with van der Waals surface area (Å²) in [5.41, 5.74) is 4.01. The molecule has 7 heteroatoms. The number of anilines is 1. The van der Waals surface area contributed by atoms with Crippen molar-refractivity contribution in [1.82, 2.24) is 19.7 Å². The molecule has 3 aromatic rings. The number of carbonyl (C=O) groups is 1. The second-order valence-corrected chi connectivity index (χ2v) is 8.69. The standard InChI is InChI=1S/C23H27N5OS/c1-6-14-28-21(18-10-12-24-13-11-18)26-27-23(28)30-17(5)22(29)25-20-16(4)8-7-9-19(20)15(2)3/h6-13,15,17H,1,14H2,2-5H3,(H,25,29)/t17-/m1/s1. The molecule has 0 saturated carbocycles. The molecule has 0 spiro atoms. The van der Waals surface area contributed by atoms with Crippen LogP contribution >= 0.6 is 11.8 Å². The highest BCUT2D eigenvalue weighted by molar-refractivity contribution is 8.00. The highest BCUT2D eigenvalue weighted by atomic mass is 32.2. The van der Waals surface area contributed by atoms with Crippen LogP contribution in [0.5, 0.6) is 0 Å². The zero-order valence-electron chi connectivity index (χ0n) is 17.8. The van der Waals surface area contributed by atoms with Crippen molar-refractivity contribution in [1.29, 1.82) is 0 Å². The predicted octanol–water partition coefficient (Wildman–Crippen LogP) is 5.08. The van der Waals surface area contributed by atoms with E-state index in [1.54, 1.807) is 18.5 Å². The summed E-state index contributed by atoms with van der Waals surface area (Å²) in [7, 11) is 0. The molecule has 0 aliphatic rings. The molecule has 30 heavy (non-hydrogen) atoms. The number of aryl methyl sites for hydroxylation is 1. The lowest BCUT2D eigenvalue weighted by Gasteiger charge is -2.18. The van der Waals surface area contributed by atoms with Gasteiger partial charge in [0.05, 0.1) is 5.25 Å². The Morgan fingerprint density at radius 3 is 2.60 bits per heavy atom. The number of carbonyl (C=O) groups excluding carboxylic acids is 1. The van der Waals surface area contributed by atoms with Gasteiger partial charge in [0.1, 0.15) is 0 Å². The van der Waals surface area contributed by atoms with E-state index in [1.165, 1.54) is 11.8 Å². The van der Waals surface area contributed by atoms with Crippen LogP contribution in [-0.2, 0) is 11.3 Å². The summed E-state index contributed by atoms with van der Waals surface area (Å²) in [6.07, 6.45) is 5.24. The van der Waals surface area contributed by atoms with Crippen LogP contribution in [0.3, 0.4) is 0 Å². The molecule has 0 fully saturated rings. The fourth-order valence-corrected chi connectivity index (χ4v) is 4.02. The number of hydrogen-bond donors (Lipinski definition) is 1. The van der Waals surface area contributed by atoms with Crippen LogP contribution in [0.4, 0.5) is 5.69 Å². The fraction of sp³-hybridized carbons (Fsp3) is 0.304. The molecule has 1 atom stereocenters. The average Bonchev–Trinajstić information content (AvgIpc) is 3.12. The molecule has 0 aliphatic carbocycles. The van der Waals surface area contributed by atoms with Crippen molar-refractivity contribution in [3.05, 3.63) is 66.5 Å². The molecule has 3 rings (SSSR count). The molecule has 2 heterocycles. The quantitative estimate of drug-likeness (QED) is 0.406. The van der Waals surface area contributed by atoms with Gasteiger partial charge in [-0.1, -0.05) is 49.9 Å². The Morgan fingerprint density at radius 2 is 1.93 bits per heavy atom. The fourth-order valence-electron chi connectivity index (χ4n) is 3.16. The third kappa shape index (κ3) is 4.79. The van der Waals surface area contributed by atoms with E-state index in [-0.39, 0.29) is 11.2 Å². The zero-order chi connectivity index (χ0) is 21.7. The number of benzene rings is 1. The monoisotopic (exact) mass is 421 g/mol. The van der Waals surface area contributed by atoms with Gasteiger partial charge in [0.25, 0.3) is 0 Å². The number of hydrogen-bond acceptors (Lipinski definition) is 5. The van der Waals surface area contributed by atoms with Gasteiger partial charge in [-0.15, -0.1) is 16.8 Å². The summed E-state index contributed by atoms with van der Waals surface area (Å²) < 4.78 is 1.96. The van der Waals surface area contributed by atoms with Crippen molar-refractivity contribution in [2.24, 2.45) is 0 Å². The summed E-state index contributed by atoms with van der Waals surface area (Å²) in [6.45, 7) is 12.5. The number of allylic oxidation sites excluding steroid dienone is 1. The maximum absolute atomic E-state index is 13.0. The Balaban J connectivity index is 1.81. The zero-order valence-corrected chi connectivity index (χ0v) is 18.6. The van der Waals surface area contributed by atoms with Crippen LogP contribution < -0.4 is 5.32 Å². The van der Waals surface area contributed by atoms with Crippen molar-refractivity contribution in [2.75, 3.05) is 5.32 Å². The van der Waals surface area contributed by atoms with Crippen LogP contribution in [-0.4, -0.2) is 30.9 Å². The Bertz CT molecular complexity index is 1030. The van der Waals surface area contributed by atoms with Crippen molar-refractivity contribution < 1.29 is 4.79 Å². The minimum atomic E-state index is -0.345. The summed E-state index contributed by atoms with van der Waals surface area (Å²) in [5, 5.41) is 12.1. The van der Waals surface area contributed by atoms with Gasteiger partial charge in [-0.2, -0.15) is 0 Å². The highest BCUT2D eigenvalue weighted by Gasteiger charge is 2.22. The first-order valence-electron chi connectivity index (χ1n) is 9.93. The van der Waals surface area contributed by atoms with Gasteiger partial charge in [0, 0.05) is 30.2 Å². The molecular formula is C23H27N5OS. The summed E-state index contributed by atoms with van der Waals surface area (Å²) in [5.74, 6) is 0.991. The van der Waals surface area contributed by atoms with Crippen LogP contribution in [0.2, 0.25) is 0 Å². The lowest BCUT2D eigenvalue weighted by Crippen LogP contribution is -2.24. The third-order valence-corrected chi connectivity index (χ3v) is 5.87. The summed E-state index contributed by atoms with van der Waals surface area (Å²) in [6, 6.07) is 9.88. The van der Waals surface area contributed by atoms with Crippen molar-refractivity contribution in [2.45, 2.75) is 50.6 Å². The van der Waals surface area contributed by atoms with Gasteiger partial charge in [-0.3, -0.25) is 14.3 Å². The van der Waals surface area contributed by atoms with Crippen molar-refractivity contribution in [3.63, 3.8) is 0 Å². The van der Waals surface area contributed by atoms with Gasteiger partial charge in [0.15, 0.2) is 11.0 Å². The summed E-state index contributed by atoms with van der Waals surface area (Å²) in [4.78, 5) is 17.0. The molecule has 1 N–H and O–H groups in total. The Hall–Kier alpha value is -2.93. The number of aromatic nitrogens is 4. The lowest BCUT2D eigenvalue weighted by atomic mass is 9.98. The molecule has 0 aliphatic heterocycles. The minimum absolute atomic E-state index is 0.0604. The molecule has 156 valence electrons. The molecule has 0 saturated heterocycles. The second-order valence-electron chi connectivity index (χ2n) is 7.38. The van der Waals surface area contributed by atoms with Crippen LogP contribution in [0, 0.1) is 6.92 Å². The van der Waals surface area contributed by atoms with E-state index in [4.69, 9.17) is 0 Å². The number of nitrogens with zero attached hydrogens (tertiary/aromatic N) is 4. The molecule has 1 amide bonds. The number of pyridine rings is 1. The van der Waals surface area contributed by atoms with E-state index in [0.717, 1.165) is 28.2 Å². The SMILES string of the molecule is C=CCn1c(S[C@H](C)C(=O)Nc2c(C)cccc2C(C)C)nnc1-c1ccncc1. The number of para-hydroxylation sites is 1. The Labute approximate surface area is 181 Å². The highest BCUT2D eigenvalue weighted by Crippen LogP contribution is 2.30. The van der Waals surface area contributed by atoms with Crippen molar-refractivity contribution >= 4 is 23.4 Å². The molecular weight excluding hydrogens is 394 g/mol. The van der Waals surface area contributed by atoms with Gasteiger partial charge in [-0.25, -0.2) is 0 Å². The maximum atomic E-state index is 13.0. The van der Waals surface area contributed by atoms with Gasteiger partial charge in [0.2, 0.25) is 5.91 Å². The van der Waals surface area contributed by atoms with Crippen LogP contribution in [0.25, 0.3) is 11.4 Å². The molecule has 0 unspecified atom stereocenters. The first-order chi connectivity index (χ1) is 14.4. The largest absolute Gasteiger partial charge is 0.325 e. The van der Waals surface area contributed by atoms with Crippen LogP contribution in [0.15, 0.2) is 60.5 Å². The summed E-state index contributed by atoms with van der Waals surface area (Å²) >= 11 is 1.39. The number of amides is 1. The Morgan fingerprint density at radius 1 is 1.20 bits per heavy atom. The van der Waals surface area contributed by atoms with E-state index in [2.05, 4.69) is 47.0 Å². The molecule has 0 radical (unpaired) electrons. The van der Waals surface area contributed by atoms with E-state index < -0.39 is 0 Å². The Kier molecular flexibility index (Phi) is 7.05. The normalized spacial score (nSPS) is 12.0. The van der Waals surface area contributed by atoms with E-state index in [0.29, 0.717) is 17.6 Å². The maximum Gasteiger partial charge on any atom is 0.237 e. The topological polar surface area (TPSA) is 72.7 Å². The molecule has 0 bridgehead atoms.